The molecule has 1 amide bonds. The second-order valence-electron chi connectivity index (χ2n) is 2.06. The molecule has 11 heavy (non-hydrogen) atoms. The molecule has 0 rings (SSSR count). The van der Waals surface area contributed by atoms with E-state index in [1.807, 2.05) is 0 Å². The van der Waals surface area contributed by atoms with Gasteiger partial charge >= 0.3 is 0 Å². The van der Waals surface area contributed by atoms with E-state index >= 15 is 0 Å². The summed E-state index contributed by atoms with van der Waals surface area (Å²) in [6.45, 7) is 0.968. The summed E-state index contributed by atoms with van der Waals surface area (Å²) >= 11 is 0. The van der Waals surface area contributed by atoms with Gasteiger partial charge in [0, 0.05) is 6.92 Å². The first kappa shape index (κ1) is 9.77. The van der Waals surface area contributed by atoms with Crippen molar-refractivity contribution in [1.29, 1.82) is 0 Å². The number of hydrogen-bond acceptors (Lipinski definition) is 4. The van der Waals surface area contributed by atoms with Gasteiger partial charge in [0.1, 0.15) is 6.26 Å². The van der Waals surface area contributed by atoms with E-state index in [2.05, 4.69) is 5.32 Å². The fourth-order valence-corrected chi connectivity index (χ4v) is 0.570. The van der Waals surface area contributed by atoms with Crippen LogP contribution in [0.5, 0.6) is 0 Å². The predicted octanol–water partition coefficient (Wildman–Crippen LogP) is -1.16. The van der Waals surface area contributed by atoms with Gasteiger partial charge in [0.25, 0.3) is 0 Å². The summed E-state index contributed by atoms with van der Waals surface area (Å²) in [6, 6.07) is -0.697. The van der Waals surface area contributed by atoms with Crippen LogP contribution in [-0.2, 0) is 4.79 Å². The molecule has 5 nitrogen and oxygen atoms in total. The average Bonchev–Trinajstić information content (AvgIpc) is 1.98. The van der Waals surface area contributed by atoms with E-state index < -0.39 is 6.04 Å². The molecule has 0 aromatic heterocycles. The Labute approximate surface area is 64.5 Å². The molecule has 0 aromatic rings. The van der Waals surface area contributed by atoms with E-state index in [0.29, 0.717) is 6.26 Å². The van der Waals surface area contributed by atoms with Crippen molar-refractivity contribution in [3.63, 3.8) is 0 Å². The van der Waals surface area contributed by atoms with Crippen molar-refractivity contribution in [2.75, 3.05) is 6.61 Å². The molecule has 0 bridgehead atoms. The number of carbonyl (C=O) groups is 1. The van der Waals surface area contributed by atoms with Crippen molar-refractivity contribution in [3.8, 4) is 0 Å². The maximum Gasteiger partial charge on any atom is 0.217 e. The summed E-state index contributed by atoms with van der Waals surface area (Å²) in [6.07, 6.45) is 0.650. The number of nitrogens with two attached hydrogens (primary N) is 1. The summed E-state index contributed by atoms with van der Waals surface area (Å²) in [5.41, 5.74) is 5.24. The zero-order valence-corrected chi connectivity index (χ0v) is 6.24. The van der Waals surface area contributed by atoms with Crippen molar-refractivity contribution < 1.29 is 15.0 Å². The van der Waals surface area contributed by atoms with Gasteiger partial charge in [0.2, 0.25) is 5.91 Å². The van der Waals surface area contributed by atoms with Crippen LogP contribution in [0.3, 0.4) is 0 Å². The molecule has 0 fully saturated rings. The molecule has 0 aliphatic rings. The van der Waals surface area contributed by atoms with Crippen molar-refractivity contribution in [1.82, 2.24) is 5.32 Å². The van der Waals surface area contributed by atoms with Crippen molar-refractivity contribution in [2.45, 2.75) is 13.0 Å². The topological polar surface area (TPSA) is 95.6 Å². The maximum absolute atomic E-state index is 10.4. The molecule has 0 saturated carbocycles. The van der Waals surface area contributed by atoms with Crippen LogP contribution in [0.4, 0.5) is 0 Å². The molecule has 0 heterocycles. The summed E-state index contributed by atoms with van der Waals surface area (Å²) in [4.78, 5) is 10.4. The zero-order valence-electron chi connectivity index (χ0n) is 6.24. The number of rotatable bonds is 3. The first-order valence-electron chi connectivity index (χ1n) is 3.09. The molecule has 1 unspecified atom stereocenters. The van der Waals surface area contributed by atoms with Gasteiger partial charge in [-0.15, -0.1) is 0 Å². The fraction of sp³-hybridized carbons (Fsp3) is 0.500. The first-order chi connectivity index (χ1) is 5.11. The van der Waals surface area contributed by atoms with Crippen LogP contribution in [0.1, 0.15) is 6.92 Å². The zero-order chi connectivity index (χ0) is 8.85. The number of hydrogen-bond donors (Lipinski definition) is 4. The Hall–Kier alpha value is -1.23. The predicted molar refractivity (Wildman–Crippen MR) is 39.6 cm³/mol. The maximum atomic E-state index is 10.4. The average molecular weight is 160 g/mol. The monoisotopic (exact) mass is 160 g/mol. The lowest BCUT2D eigenvalue weighted by atomic mass is 10.2. The molecule has 5 heteroatoms. The highest BCUT2D eigenvalue weighted by molar-refractivity contribution is 5.73. The third-order valence-electron chi connectivity index (χ3n) is 1.11. The lowest BCUT2D eigenvalue weighted by Gasteiger charge is -2.13. The van der Waals surface area contributed by atoms with Crippen LogP contribution in [0, 0.1) is 0 Å². The van der Waals surface area contributed by atoms with Gasteiger partial charge in [-0.3, -0.25) is 4.79 Å². The van der Waals surface area contributed by atoms with Crippen LogP contribution < -0.4 is 11.1 Å². The minimum absolute atomic E-state index is 0.0303. The molecule has 1 atom stereocenters. The molecular weight excluding hydrogens is 148 g/mol. The fourth-order valence-electron chi connectivity index (χ4n) is 0.570. The van der Waals surface area contributed by atoms with E-state index in [1.165, 1.54) is 6.92 Å². The molecule has 0 spiro atoms. The quantitative estimate of drug-likeness (QED) is 0.392. The van der Waals surface area contributed by atoms with E-state index in [9.17, 15) is 4.79 Å². The second-order valence-corrected chi connectivity index (χ2v) is 2.06. The highest BCUT2D eigenvalue weighted by atomic mass is 16.3. The number of carbonyl (C=O) groups excluding carboxylic acids is 1. The van der Waals surface area contributed by atoms with Crippen LogP contribution in [0.15, 0.2) is 12.0 Å². The number of nitrogens with one attached hydrogen (secondary N) is 1. The Morgan fingerprint density at radius 1 is 1.82 bits per heavy atom. The van der Waals surface area contributed by atoms with Crippen molar-refractivity contribution >= 4 is 5.91 Å². The van der Waals surface area contributed by atoms with Gasteiger partial charge in [-0.25, -0.2) is 0 Å². The minimum Gasteiger partial charge on any atom is -0.514 e. The smallest absolute Gasteiger partial charge is 0.217 e. The number of aliphatic hydroxyl groups is 2. The molecule has 0 aliphatic carbocycles. The van der Waals surface area contributed by atoms with Gasteiger partial charge in [-0.2, -0.15) is 0 Å². The van der Waals surface area contributed by atoms with E-state index in [-0.39, 0.29) is 18.2 Å². The molecule has 64 valence electrons. The SMILES string of the molecule is CC(=O)NC(CO)C(N)=CO. The van der Waals surface area contributed by atoms with E-state index in [4.69, 9.17) is 15.9 Å². The third-order valence-corrected chi connectivity index (χ3v) is 1.11. The van der Waals surface area contributed by atoms with Crippen molar-refractivity contribution in [3.05, 3.63) is 12.0 Å². The Kier molecular flexibility index (Phi) is 4.05. The Morgan fingerprint density at radius 2 is 2.36 bits per heavy atom. The Bertz CT molecular complexity index is 167. The second kappa shape index (κ2) is 4.56. The molecule has 0 aliphatic heterocycles. The first-order valence-corrected chi connectivity index (χ1v) is 3.09. The van der Waals surface area contributed by atoms with Crippen molar-refractivity contribution in [2.24, 2.45) is 5.73 Å². The van der Waals surface area contributed by atoms with Crippen LogP contribution in [0.2, 0.25) is 0 Å². The number of amides is 1. The van der Waals surface area contributed by atoms with Crippen LogP contribution >= 0.6 is 0 Å². The molecular formula is C6H12N2O3. The van der Waals surface area contributed by atoms with Gasteiger partial charge in [-0.05, 0) is 0 Å². The normalized spacial score (nSPS) is 14.2. The molecule has 0 saturated heterocycles. The highest BCUT2D eigenvalue weighted by Crippen LogP contribution is 1.91. The van der Waals surface area contributed by atoms with Gasteiger partial charge in [0.15, 0.2) is 0 Å². The third kappa shape index (κ3) is 3.47. The summed E-state index contributed by atoms with van der Waals surface area (Å²) < 4.78 is 0. The Balaban J connectivity index is 4.06. The van der Waals surface area contributed by atoms with Crippen LogP contribution in [-0.4, -0.2) is 28.8 Å². The number of aliphatic hydroxyl groups excluding tert-OH is 2. The lowest BCUT2D eigenvalue weighted by Crippen LogP contribution is -2.40. The molecule has 0 radical (unpaired) electrons. The standard InChI is InChI=1S/C6H12N2O3/c1-4(11)8-6(3-10)5(7)2-9/h2,6,9-10H,3,7H2,1H3,(H,8,11). The minimum atomic E-state index is -0.697. The van der Waals surface area contributed by atoms with Gasteiger partial charge in [-0.1, -0.05) is 0 Å². The molecule has 0 aromatic carbocycles. The summed E-state index contributed by atoms with van der Waals surface area (Å²) in [5.74, 6) is -0.311. The van der Waals surface area contributed by atoms with E-state index in [1.54, 1.807) is 0 Å². The summed E-state index contributed by atoms with van der Waals surface area (Å²) in [7, 11) is 0. The van der Waals surface area contributed by atoms with Crippen LogP contribution in [0.25, 0.3) is 0 Å². The summed E-state index contributed by atoms with van der Waals surface area (Å²) in [5, 5.41) is 19.4. The lowest BCUT2D eigenvalue weighted by molar-refractivity contribution is -0.119. The largest absolute Gasteiger partial charge is 0.514 e. The molecule has 5 N–H and O–H groups in total. The van der Waals surface area contributed by atoms with E-state index in [0.717, 1.165) is 0 Å². The van der Waals surface area contributed by atoms with Gasteiger partial charge < -0.3 is 21.3 Å². The Morgan fingerprint density at radius 3 is 2.64 bits per heavy atom. The van der Waals surface area contributed by atoms with Gasteiger partial charge in [0.05, 0.1) is 18.3 Å². The highest BCUT2D eigenvalue weighted by Gasteiger charge is 2.10.